The Morgan fingerprint density at radius 1 is 1.29 bits per heavy atom. The van der Waals surface area contributed by atoms with Crippen molar-refractivity contribution in [3.63, 3.8) is 0 Å². The van der Waals surface area contributed by atoms with Gasteiger partial charge in [0.15, 0.2) is 0 Å². The highest BCUT2D eigenvalue weighted by molar-refractivity contribution is 5.96. The number of amides is 1. The number of hydrogen-bond donors (Lipinski definition) is 2. The Morgan fingerprint density at radius 3 is 2.76 bits per heavy atom. The molecule has 21 heavy (non-hydrogen) atoms. The van der Waals surface area contributed by atoms with Gasteiger partial charge in [-0.05, 0) is 24.3 Å². The van der Waals surface area contributed by atoms with Crippen LogP contribution < -0.4 is 10.1 Å². The molecule has 2 aromatic rings. The van der Waals surface area contributed by atoms with Gasteiger partial charge in [0.25, 0.3) is 5.91 Å². The van der Waals surface area contributed by atoms with Gasteiger partial charge in [-0.25, -0.2) is 4.79 Å². The number of nitrogens with one attached hydrogen (secondary N) is 1. The second-order valence-electron chi connectivity index (χ2n) is 4.22. The molecule has 0 aliphatic rings. The quantitative estimate of drug-likeness (QED) is 0.873. The van der Waals surface area contributed by atoms with Gasteiger partial charge >= 0.3 is 5.97 Å². The average molecular weight is 286 g/mol. The SMILES string of the molecule is COc1ccccc1C(=O)NCc1cc(C(=O)O)ccn1. The lowest BCUT2D eigenvalue weighted by Gasteiger charge is -2.09. The fourth-order valence-electron chi connectivity index (χ4n) is 1.81. The zero-order valence-electron chi connectivity index (χ0n) is 11.4. The highest BCUT2D eigenvalue weighted by Crippen LogP contribution is 2.16. The Labute approximate surface area is 121 Å². The van der Waals surface area contributed by atoms with Crippen molar-refractivity contribution >= 4 is 11.9 Å². The van der Waals surface area contributed by atoms with E-state index in [-0.39, 0.29) is 18.0 Å². The molecule has 0 fully saturated rings. The molecular weight excluding hydrogens is 272 g/mol. The van der Waals surface area contributed by atoms with Crippen molar-refractivity contribution in [2.75, 3.05) is 7.11 Å². The number of para-hydroxylation sites is 1. The molecule has 2 N–H and O–H groups in total. The number of carbonyl (C=O) groups excluding carboxylic acids is 1. The van der Waals surface area contributed by atoms with Gasteiger partial charge in [-0.3, -0.25) is 9.78 Å². The summed E-state index contributed by atoms with van der Waals surface area (Å²) in [6.07, 6.45) is 1.40. The molecule has 6 heteroatoms. The molecule has 0 saturated heterocycles. The number of ether oxygens (including phenoxy) is 1. The van der Waals surface area contributed by atoms with Crippen LogP contribution >= 0.6 is 0 Å². The number of nitrogens with zero attached hydrogens (tertiary/aromatic N) is 1. The van der Waals surface area contributed by atoms with Crippen molar-refractivity contribution in [3.8, 4) is 5.75 Å². The van der Waals surface area contributed by atoms with Crippen LogP contribution in [0.5, 0.6) is 5.75 Å². The van der Waals surface area contributed by atoms with Crippen LogP contribution in [0.2, 0.25) is 0 Å². The van der Waals surface area contributed by atoms with Crippen LogP contribution in [0, 0.1) is 0 Å². The molecule has 1 aromatic carbocycles. The van der Waals surface area contributed by atoms with E-state index in [0.717, 1.165) is 0 Å². The fraction of sp³-hybridized carbons (Fsp3) is 0.133. The Hall–Kier alpha value is -2.89. The van der Waals surface area contributed by atoms with Gasteiger partial charge in [-0.2, -0.15) is 0 Å². The Balaban J connectivity index is 2.07. The van der Waals surface area contributed by atoms with Crippen LogP contribution in [0.4, 0.5) is 0 Å². The standard InChI is InChI=1S/C15H14N2O4/c1-21-13-5-3-2-4-12(13)14(18)17-9-11-8-10(15(19)20)6-7-16-11/h2-8H,9H2,1H3,(H,17,18)(H,19,20). The summed E-state index contributed by atoms with van der Waals surface area (Å²) in [7, 11) is 1.49. The zero-order valence-corrected chi connectivity index (χ0v) is 11.4. The first-order chi connectivity index (χ1) is 10.1. The highest BCUT2D eigenvalue weighted by atomic mass is 16.5. The van der Waals surface area contributed by atoms with E-state index in [1.165, 1.54) is 25.4 Å². The van der Waals surface area contributed by atoms with Gasteiger partial charge in [-0.15, -0.1) is 0 Å². The molecule has 2 rings (SSSR count). The summed E-state index contributed by atoms with van der Waals surface area (Å²) < 4.78 is 5.11. The second-order valence-corrected chi connectivity index (χ2v) is 4.22. The van der Waals surface area contributed by atoms with E-state index >= 15 is 0 Å². The Morgan fingerprint density at radius 2 is 2.05 bits per heavy atom. The summed E-state index contributed by atoms with van der Waals surface area (Å²) in [5.41, 5.74) is 1.01. The largest absolute Gasteiger partial charge is 0.496 e. The first-order valence-corrected chi connectivity index (χ1v) is 6.21. The molecular formula is C15H14N2O4. The first-order valence-electron chi connectivity index (χ1n) is 6.21. The van der Waals surface area contributed by atoms with Gasteiger partial charge in [0.05, 0.1) is 30.5 Å². The van der Waals surface area contributed by atoms with Crippen LogP contribution in [-0.4, -0.2) is 29.1 Å². The summed E-state index contributed by atoms with van der Waals surface area (Å²) in [4.78, 5) is 27.0. The number of carboxylic acids is 1. The minimum Gasteiger partial charge on any atom is -0.496 e. The molecule has 0 unspecified atom stereocenters. The van der Waals surface area contributed by atoms with Crippen LogP contribution in [0.15, 0.2) is 42.6 Å². The smallest absolute Gasteiger partial charge is 0.335 e. The van der Waals surface area contributed by atoms with E-state index in [4.69, 9.17) is 9.84 Å². The molecule has 0 saturated carbocycles. The number of benzene rings is 1. The number of hydrogen-bond acceptors (Lipinski definition) is 4. The summed E-state index contributed by atoms with van der Waals surface area (Å²) in [5.74, 6) is -0.869. The Bertz CT molecular complexity index is 670. The summed E-state index contributed by atoms with van der Waals surface area (Å²) in [6, 6.07) is 9.67. The zero-order chi connectivity index (χ0) is 15.2. The molecule has 0 bridgehead atoms. The van der Waals surface area contributed by atoms with Gasteiger partial charge in [-0.1, -0.05) is 12.1 Å². The van der Waals surface area contributed by atoms with Crippen molar-refractivity contribution in [2.24, 2.45) is 0 Å². The summed E-state index contributed by atoms with van der Waals surface area (Å²) in [5, 5.41) is 11.6. The van der Waals surface area contributed by atoms with Crippen molar-refractivity contribution in [2.45, 2.75) is 6.54 Å². The van der Waals surface area contributed by atoms with E-state index in [0.29, 0.717) is 17.0 Å². The number of aromatic carboxylic acids is 1. The Kier molecular flexibility index (Phi) is 4.50. The molecule has 6 nitrogen and oxygen atoms in total. The van der Waals surface area contributed by atoms with E-state index in [9.17, 15) is 9.59 Å². The molecule has 108 valence electrons. The normalized spacial score (nSPS) is 9.95. The van der Waals surface area contributed by atoms with E-state index in [1.807, 2.05) is 0 Å². The van der Waals surface area contributed by atoms with Gasteiger partial charge in [0.1, 0.15) is 5.75 Å². The van der Waals surface area contributed by atoms with Gasteiger partial charge in [0, 0.05) is 6.20 Å². The molecule has 0 aliphatic heterocycles. The minimum absolute atomic E-state index is 0.131. The van der Waals surface area contributed by atoms with Crippen LogP contribution in [0.25, 0.3) is 0 Å². The first kappa shape index (κ1) is 14.5. The molecule has 0 aliphatic carbocycles. The van der Waals surface area contributed by atoms with Crippen molar-refractivity contribution in [1.29, 1.82) is 0 Å². The number of aromatic nitrogens is 1. The topological polar surface area (TPSA) is 88.5 Å². The van der Waals surface area contributed by atoms with Crippen molar-refractivity contribution in [3.05, 3.63) is 59.4 Å². The maximum absolute atomic E-state index is 12.1. The maximum Gasteiger partial charge on any atom is 0.335 e. The van der Waals surface area contributed by atoms with Crippen molar-refractivity contribution in [1.82, 2.24) is 10.3 Å². The minimum atomic E-state index is -1.03. The third-order valence-electron chi connectivity index (χ3n) is 2.85. The number of carboxylic acid groups (broad SMARTS) is 1. The van der Waals surface area contributed by atoms with Crippen molar-refractivity contribution < 1.29 is 19.4 Å². The van der Waals surface area contributed by atoms with E-state index < -0.39 is 5.97 Å². The third-order valence-corrected chi connectivity index (χ3v) is 2.85. The van der Waals surface area contributed by atoms with E-state index in [1.54, 1.807) is 24.3 Å². The van der Waals surface area contributed by atoms with E-state index in [2.05, 4.69) is 10.3 Å². The lowest BCUT2D eigenvalue weighted by Crippen LogP contribution is -2.24. The lowest BCUT2D eigenvalue weighted by atomic mass is 10.2. The summed E-state index contributed by atoms with van der Waals surface area (Å²) >= 11 is 0. The fourth-order valence-corrected chi connectivity index (χ4v) is 1.81. The average Bonchev–Trinajstić information content (AvgIpc) is 2.52. The van der Waals surface area contributed by atoms with Gasteiger partial charge < -0.3 is 15.2 Å². The monoisotopic (exact) mass is 286 g/mol. The molecule has 0 spiro atoms. The number of rotatable bonds is 5. The number of methoxy groups -OCH3 is 1. The summed E-state index contributed by atoms with van der Waals surface area (Å²) in [6.45, 7) is 0.137. The predicted octanol–water partition coefficient (Wildman–Crippen LogP) is 1.72. The molecule has 1 aromatic heterocycles. The molecule has 0 radical (unpaired) electrons. The van der Waals surface area contributed by atoms with Gasteiger partial charge in [0.2, 0.25) is 0 Å². The lowest BCUT2D eigenvalue weighted by molar-refractivity contribution is 0.0696. The van der Waals surface area contributed by atoms with Crippen LogP contribution in [-0.2, 0) is 6.54 Å². The van der Waals surface area contributed by atoms with Crippen LogP contribution in [0.3, 0.4) is 0 Å². The molecule has 1 amide bonds. The maximum atomic E-state index is 12.1. The molecule has 0 atom stereocenters. The predicted molar refractivity (Wildman–Crippen MR) is 75.4 cm³/mol. The highest BCUT2D eigenvalue weighted by Gasteiger charge is 2.11. The number of pyridine rings is 1. The number of carbonyl (C=O) groups is 2. The second kappa shape index (κ2) is 6.51. The molecule has 1 heterocycles. The third kappa shape index (κ3) is 3.56. The van der Waals surface area contributed by atoms with Crippen LogP contribution in [0.1, 0.15) is 26.4 Å².